The largest absolute Gasteiger partial charge is 0.364 e. The lowest BCUT2D eigenvalue weighted by Crippen LogP contribution is -3.12. The molecule has 0 saturated carbocycles. The maximum atomic E-state index is 4.79. The average Bonchev–Trinajstić information content (AvgIpc) is 3.41. The lowest BCUT2D eigenvalue weighted by atomic mass is 10.0. The molecule has 9 heteroatoms. The number of fused-ring (bicyclic) bond motifs is 5. The third kappa shape index (κ3) is 4.00. The van der Waals surface area contributed by atoms with E-state index in [1.54, 1.807) is 14.3 Å². The number of rotatable bonds is 8. The van der Waals surface area contributed by atoms with Gasteiger partial charge in [-0.05, 0) is 29.8 Å². The zero-order chi connectivity index (χ0) is 21.2. The van der Waals surface area contributed by atoms with Crippen molar-refractivity contribution in [2.75, 3.05) is 38.0 Å². The van der Waals surface area contributed by atoms with Crippen LogP contribution in [0.15, 0.2) is 30.3 Å². The minimum absolute atomic E-state index is 0.567. The molecule has 0 aliphatic carbocycles. The molecule has 0 fully saturated rings. The molecule has 0 saturated heterocycles. The molecule has 3 N–H and O–H groups in total. The number of nitrogens with zero attached hydrogens (tertiary/aromatic N) is 5. The summed E-state index contributed by atoms with van der Waals surface area (Å²) in [4.78, 5) is 10.5. The number of hydrogen-bond donors (Lipinski definition) is 3. The molecule has 1 atom stereocenters. The number of thiophene rings is 1. The van der Waals surface area contributed by atoms with E-state index in [0.717, 1.165) is 62.9 Å². The van der Waals surface area contributed by atoms with Crippen molar-refractivity contribution in [2.24, 2.45) is 0 Å². The summed E-state index contributed by atoms with van der Waals surface area (Å²) in [6.07, 6.45) is 1.06. The lowest BCUT2D eigenvalue weighted by Gasteiger charge is -2.24. The van der Waals surface area contributed by atoms with Crippen molar-refractivity contribution >= 4 is 33.1 Å². The van der Waals surface area contributed by atoms with Crippen molar-refractivity contribution in [3.05, 3.63) is 46.3 Å². The maximum absolute atomic E-state index is 4.79. The van der Waals surface area contributed by atoms with Crippen molar-refractivity contribution < 1.29 is 9.80 Å². The van der Waals surface area contributed by atoms with E-state index in [0.29, 0.717) is 5.78 Å². The topological polar surface area (TPSA) is 76.9 Å². The van der Waals surface area contributed by atoms with Crippen molar-refractivity contribution in [3.63, 3.8) is 0 Å². The minimum Gasteiger partial charge on any atom is -0.364 e. The smallest absolute Gasteiger partial charge is 0.276 e. The third-order valence-corrected chi connectivity index (χ3v) is 7.58. The Kier molecular flexibility index (Phi) is 5.80. The highest BCUT2D eigenvalue weighted by molar-refractivity contribution is 7.19. The van der Waals surface area contributed by atoms with Crippen molar-refractivity contribution in [3.8, 4) is 0 Å². The fourth-order valence-corrected chi connectivity index (χ4v) is 5.94. The first kappa shape index (κ1) is 20.3. The second kappa shape index (κ2) is 8.86. The van der Waals surface area contributed by atoms with Crippen LogP contribution in [0.5, 0.6) is 0 Å². The van der Waals surface area contributed by atoms with Gasteiger partial charge in [-0.1, -0.05) is 35.4 Å². The Morgan fingerprint density at radius 1 is 1.19 bits per heavy atom. The van der Waals surface area contributed by atoms with Crippen LogP contribution in [0.25, 0.3) is 16.0 Å². The molecule has 0 bridgehead atoms. The van der Waals surface area contributed by atoms with Gasteiger partial charge in [-0.2, -0.15) is 9.50 Å². The van der Waals surface area contributed by atoms with Crippen LogP contribution >= 0.6 is 11.3 Å². The molecular formula is C22H30N8S+2. The van der Waals surface area contributed by atoms with Crippen LogP contribution in [-0.2, 0) is 19.5 Å². The fraction of sp³-hybridized carbons (Fsp3) is 0.455. The molecule has 1 unspecified atom stereocenters. The second-order valence-electron chi connectivity index (χ2n) is 8.26. The molecule has 3 aromatic heterocycles. The van der Waals surface area contributed by atoms with Gasteiger partial charge in [-0.25, -0.2) is 0 Å². The number of anilines is 1. The summed E-state index contributed by atoms with van der Waals surface area (Å²) < 4.78 is 1.80. The monoisotopic (exact) mass is 438 g/mol. The molecule has 1 aromatic carbocycles. The van der Waals surface area contributed by atoms with Crippen LogP contribution in [-0.4, -0.2) is 57.7 Å². The molecule has 31 heavy (non-hydrogen) atoms. The van der Waals surface area contributed by atoms with E-state index in [4.69, 9.17) is 4.98 Å². The molecule has 1 aliphatic heterocycles. The number of quaternary nitrogens is 2. The molecule has 8 nitrogen and oxygen atoms in total. The molecular weight excluding hydrogens is 408 g/mol. The first-order valence-electron chi connectivity index (χ1n) is 11.2. The fourth-order valence-electron chi connectivity index (χ4n) is 4.58. The van der Waals surface area contributed by atoms with Gasteiger partial charge >= 0.3 is 0 Å². The summed E-state index contributed by atoms with van der Waals surface area (Å²) in [6, 6.07) is 10.8. The van der Waals surface area contributed by atoms with Gasteiger partial charge in [-0.3, -0.25) is 0 Å². The molecule has 1 aliphatic rings. The van der Waals surface area contributed by atoms with E-state index in [1.165, 1.54) is 21.4 Å². The van der Waals surface area contributed by atoms with E-state index < -0.39 is 0 Å². The lowest BCUT2D eigenvalue weighted by molar-refractivity contribution is -0.929. The maximum Gasteiger partial charge on any atom is 0.276 e. The summed E-state index contributed by atoms with van der Waals surface area (Å²) in [7, 11) is 0. The van der Waals surface area contributed by atoms with E-state index >= 15 is 0 Å². The first-order chi connectivity index (χ1) is 15.3. The van der Waals surface area contributed by atoms with E-state index in [9.17, 15) is 0 Å². The number of benzene rings is 1. The van der Waals surface area contributed by atoms with Crippen LogP contribution in [0.3, 0.4) is 0 Å². The summed E-state index contributed by atoms with van der Waals surface area (Å²) in [6.45, 7) is 12.0. The molecule has 4 heterocycles. The molecule has 0 spiro atoms. The van der Waals surface area contributed by atoms with Crippen LogP contribution in [0.1, 0.15) is 29.9 Å². The summed E-state index contributed by atoms with van der Waals surface area (Å²) in [5, 5.41) is 17.1. The van der Waals surface area contributed by atoms with Crippen LogP contribution in [0, 0.1) is 0 Å². The van der Waals surface area contributed by atoms with Crippen molar-refractivity contribution in [1.29, 1.82) is 0 Å². The molecule has 0 radical (unpaired) electrons. The Labute approximate surface area is 185 Å². The van der Waals surface area contributed by atoms with Gasteiger partial charge in [0, 0.05) is 12.0 Å². The van der Waals surface area contributed by atoms with Crippen LogP contribution < -0.4 is 15.1 Å². The van der Waals surface area contributed by atoms with Crippen molar-refractivity contribution in [1.82, 2.24) is 25.0 Å². The normalized spacial score (nSPS) is 16.3. The summed E-state index contributed by atoms with van der Waals surface area (Å²) >= 11 is 1.83. The third-order valence-electron chi connectivity index (χ3n) is 6.37. The number of nitrogens with one attached hydrogen (secondary N) is 3. The van der Waals surface area contributed by atoms with Gasteiger partial charge in [0.15, 0.2) is 0 Å². The minimum atomic E-state index is 0.567. The molecule has 0 amide bonds. The molecule has 5 rings (SSSR count). The summed E-state index contributed by atoms with van der Waals surface area (Å²) in [5.41, 5.74) is 2.83. The van der Waals surface area contributed by atoms with Gasteiger partial charge in [-0.15, -0.1) is 11.3 Å². The second-order valence-corrected chi connectivity index (χ2v) is 9.34. The Morgan fingerprint density at radius 2 is 2.03 bits per heavy atom. The Morgan fingerprint density at radius 3 is 2.84 bits per heavy atom. The SMILES string of the molecule is CC[NH+](CC)CCNc1nc2nnnn2c2sc3c(c12)CC[NH+](Cc1ccccc1)C3. The van der Waals surface area contributed by atoms with Crippen LogP contribution in [0.4, 0.5) is 5.82 Å². The van der Waals surface area contributed by atoms with E-state index in [1.807, 2.05) is 11.3 Å². The highest BCUT2D eigenvalue weighted by Crippen LogP contribution is 2.36. The predicted octanol–water partition coefficient (Wildman–Crippen LogP) is 0.212. The first-order valence-corrected chi connectivity index (χ1v) is 12.1. The zero-order valence-corrected chi connectivity index (χ0v) is 19.0. The van der Waals surface area contributed by atoms with Crippen molar-refractivity contribution in [2.45, 2.75) is 33.4 Å². The van der Waals surface area contributed by atoms with E-state index in [-0.39, 0.29) is 0 Å². The number of tetrazole rings is 1. The zero-order valence-electron chi connectivity index (χ0n) is 18.2. The Hall–Kier alpha value is -2.62. The standard InChI is InChI=1S/C22H28N8S/c1-3-28(4-2)13-11-23-20-19-17-10-12-29(14-16-8-6-5-7-9-16)15-18(17)31-21(19)30-22(24-20)25-26-27-30/h5-9H,3-4,10-15H2,1-2H3,(H,23,24,25,27)/p+2. The van der Waals surface area contributed by atoms with Gasteiger partial charge in [0.1, 0.15) is 23.7 Å². The summed E-state index contributed by atoms with van der Waals surface area (Å²) in [5.74, 6) is 1.50. The highest BCUT2D eigenvalue weighted by atomic mass is 32.1. The van der Waals surface area contributed by atoms with Gasteiger partial charge in [0.25, 0.3) is 5.78 Å². The number of likely N-dealkylation sites (N-methyl/N-ethyl adjacent to an activating group) is 1. The van der Waals surface area contributed by atoms with Crippen LogP contribution in [0.2, 0.25) is 0 Å². The highest BCUT2D eigenvalue weighted by Gasteiger charge is 2.28. The Bertz CT molecular complexity index is 1160. The quantitative estimate of drug-likeness (QED) is 0.367. The molecule has 4 aromatic rings. The Balaban J connectivity index is 1.45. The number of hydrogen-bond acceptors (Lipinski definition) is 6. The average molecular weight is 439 g/mol. The van der Waals surface area contributed by atoms with Gasteiger partial charge in [0.2, 0.25) is 0 Å². The van der Waals surface area contributed by atoms with Gasteiger partial charge < -0.3 is 15.1 Å². The van der Waals surface area contributed by atoms with Gasteiger partial charge in [0.05, 0.1) is 43.0 Å². The van der Waals surface area contributed by atoms with E-state index in [2.05, 4.69) is 65.0 Å². The molecule has 162 valence electrons. The predicted molar refractivity (Wildman–Crippen MR) is 123 cm³/mol. The number of aromatic nitrogens is 5.